The maximum absolute atomic E-state index is 14.3. The van der Waals surface area contributed by atoms with Gasteiger partial charge in [0.2, 0.25) is 11.8 Å². The summed E-state index contributed by atoms with van der Waals surface area (Å²) in [7, 11) is 0. The molecule has 0 bridgehead atoms. The average molecular weight is 640 g/mol. The number of phenolic OH excluding ortho intramolecular Hbond substituents is 1. The van der Waals surface area contributed by atoms with Crippen LogP contribution in [0.2, 0.25) is 0 Å². The van der Waals surface area contributed by atoms with Gasteiger partial charge in [0.05, 0.1) is 0 Å². The number of phenols is 1. The van der Waals surface area contributed by atoms with Crippen molar-refractivity contribution in [2.45, 2.75) is 123 Å². The van der Waals surface area contributed by atoms with Gasteiger partial charge in [-0.15, -0.1) is 0 Å². The number of ether oxygens (including phenoxy) is 2. The van der Waals surface area contributed by atoms with E-state index in [1.807, 2.05) is 30.3 Å². The molecule has 254 valence electrons. The summed E-state index contributed by atoms with van der Waals surface area (Å²) in [6, 6.07) is 12.1. The maximum atomic E-state index is 14.3. The number of aromatic hydroxyl groups is 1. The first-order valence-electron chi connectivity index (χ1n) is 16.2. The molecule has 3 unspecified atom stereocenters. The Morgan fingerprint density at radius 2 is 1.39 bits per heavy atom. The summed E-state index contributed by atoms with van der Waals surface area (Å²) in [5.41, 5.74) is -0.310. The SMILES string of the molecule is CCCCCCCN(C(=O)C(C)NC(=O)OC(C)(C)C)C(C(=O)NC(Cc1ccccc1)C(=O)OC(C)(C)C)c1ccc(O)cc1. The molecule has 2 aromatic carbocycles. The summed E-state index contributed by atoms with van der Waals surface area (Å²) in [4.78, 5) is 55.8. The first kappa shape index (κ1) is 38.1. The molecule has 10 heteroatoms. The second-order valence-electron chi connectivity index (χ2n) is 13.6. The van der Waals surface area contributed by atoms with E-state index in [1.165, 1.54) is 17.0 Å². The topological polar surface area (TPSA) is 134 Å². The number of rotatable bonds is 15. The number of amides is 3. The molecule has 0 aliphatic heterocycles. The van der Waals surface area contributed by atoms with Crippen LogP contribution in [-0.4, -0.2) is 63.7 Å². The Balaban J connectivity index is 2.52. The highest BCUT2D eigenvalue weighted by Gasteiger charge is 2.37. The van der Waals surface area contributed by atoms with Crippen LogP contribution < -0.4 is 10.6 Å². The van der Waals surface area contributed by atoms with Gasteiger partial charge in [0.15, 0.2) is 0 Å². The number of benzene rings is 2. The predicted molar refractivity (Wildman–Crippen MR) is 178 cm³/mol. The average Bonchev–Trinajstić information content (AvgIpc) is 2.95. The van der Waals surface area contributed by atoms with Crippen molar-refractivity contribution in [3.8, 4) is 5.75 Å². The second kappa shape index (κ2) is 17.6. The van der Waals surface area contributed by atoms with Crippen LogP contribution in [0.5, 0.6) is 5.75 Å². The van der Waals surface area contributed by atoms with E-state index in [-0.39, 0.29) is 18.7 Å². The van der Waals surface area contributed by atoms with Crippen LogP contribution in [-0.2, 0) is 30.3 Å². The molecule has 0 saturated heterocycles. The Hall–Kier alpha value is -4.08. The number of hydrogen-bond acceptors (Lipinski definition) is 7. The number of alkyl carbamates (subject to hydrolysis) is 1. The molecule has 0 saturated carbocycles. The van der Waals surface area contributed by atoms with Gasteiger partial charge in [-0.1, -0.05) is 75.1 Å². The largest absolute Gasteiger partial charge is 0.508 e. The van der Waals surface area contributed by atoms with Gasteiger partial charge in [-0.05, 0) is 78.1 Å². The Morgan fingerprint density at radius 3 is 1.96 bits per heavy atom. The maximum Gasteiger partial charge on any atom is 0.408 e. The van der Waals surface area contributed by atoms with Crippen LogP contribution in [0, 0.1) is 0 Å². The smallest absolute Gasteiger partial charge is 0.408 e. The van der Waals surface area contributed by atoms with E-state index in [4.69, 9.17) is 9.47 Å². The molecule has 0 aliphatic carbocycles. The van der Waals surface area contributed by atoms with E-state index in [0.29, 0.717) is 12.0 Å². The summed E-state index contributed by atoms with van der Waals surface area (Å²) in [6.45, 7) is 14.3. The third-order valence-electron chi connectivity index (χ3n) is 6.95. The molecular weight excluding hydrogens is 586 g/mol. The minimum absolute atomic E-state index is 0.00369. The van der Waals surface area contributed by atoms with Gasteiger partial charge in [-0.3, -0.25) is 9.59 Å². The van der Waals surface area contributed by atoms with E-state index in [0.717, 1.165) is 31.2 Å². The van der Waals surface area contributed by atoms with Gasteiger partial charge in [-0.25, -0.2) is 9.59 Å². The van der Waals surface area contributed by atoms with Gasteiger partial charge in [0, 0.05) is 13.0 Å². The third-order valence-corrected chi connectivity index (χ3v) is 6.95. The van der Waals surface area contributed by atoms with Crippen molar-refractivity contribution in [1.29, 1.82) is 0 Å². The van der Waals surface area contributed by atoms with Crippen LogP contribution in [0.3, 0.4) is 0 Å². The molecule has 2 rings (SSSR count). The quantitative estimate of drug-likeness (QED) is 0.156. The lowest BCUT2D eigenvalue weighted by Crippen LogP contribution is -2.54. The van der Waals surface area contributed by atoms with Crippen LogP contribution in [0.4, 0.5) is 4.79 Å². The van der Waals surface area contributed by atoms with E-state index in [9.17, 15) is 24.3 Å². The number of nitrogens with one attached hydrogen (secondary N) is 2. The molecule has 0 aliphatic rings. The first-order valence-corrected chi connectivity index (χ1v) is 16.2. The molecule has 3 amide bonds. The number of carbonyl (C=O) groups excluding carboxylic acids is 4. The lowest BCUT2D eigenvalue weighted by molar-refractivity contribution is -0.159. The van der Waals surface area contributed by atoms with E-state index in [2.05, 4.69) is 17.6 Å². The van der Waals surface area contributed by atoms with E-state index in [1.54, 1.807) is 60.6 Å². The second-order valence-corrected chi connectivity index (χ2v) is 13.6. The van der Waals surface area contributed by atoms with E-state index >= 15 is 0 Å². The summed E-state index contributed by atoms with van der Waals surface area (Å²) in [5.74, 6) is -1.70. The molecule has 10 nitrogen and oxygen atoms in total. The molecule has 0 fully saturated rings. The molecule has 3 atom stereocenters. The highest BCUT2D eigenvalue weighted by atomic mass is 16.6. The normalized spacial score (nSPS) is 13.6. The standard InChI is InChI=1S/C36H53N3O7/c1-9-10-11-12-16-23-39(32(42)25(2)37-34(44)46-36(6,7)8)30(27-19-21-28(40)22-20-27)31(41)38-29(33(43)45-35(3,4)5)24-26-17-14-13-15-18-26/h13-15,17-22,25,29-30,40H,9-12,16,23-24H2,1-8H3,(H,37,44)(H,38,41). The van der Waals surface area contributed by atoms with Crippen molar-refractivity contribution in [3.63, 3.8) is 0 Å². The molecule has 0 radical (unpaired) electrons. The monoisotopic (exact) mass is 639 g/mol. The number of esters is 1. The minimum Gasteiger partial charge on any atom is -0.508 e. The minimum atomic E-state index is -1.18. The molecule has 46 heavy (non-hydrogen) atoms. The molecule has 2 aromatic rings. The Kier molecular flexibility index (Phi) is 14.6. The van der Waals surface area contributed by atoms with Crippen molar-refractivity contribution in [2.75, 3.05) is 6.54 Å². The zero-order valence-electron chi connectivity index (χ0n) is 28.7. The van der Waals surface area contributed by atoms with E-state index < -0.39 is 53.2 Å². The number of hydrogen-bond donors (Lipinski definition) is 3. The lowest BCUT2D eigenvalue weighted by atomic mass is 10.00. The third kappa shape index (κ3) is 13.5. The first-order chi connectivity index (χ1) is 21.5. The Bertz CT molecular complexity index is 1270. The van der Waals surface area contributed by atoms with Gasteiger partial charge in [-0.2, -0.15) is 0 Å². The van der Waals surface area contributed by atoms with Crippen molar-refractivity contribution >= 4 is 23.9 Å². The fraction of sp³-hybridized carbons (Fsp3) is 0.556. The van der Waals surface area contributed by atoms with Gasteiger partial charge >= 0.3 is 12.1 Å². The fourth-order valence-corrected chi connectivity index (χ4v) is 4.84. The fourth-order valence-electron chi connectivity index (χ4n) is 4.84. The van der Waals surface area contributed by atoms with Crippen molar-refractivity contribution in [1.82, 2.24) is 15.5 Å². The highest BCUT2D eigenvalue weighted by Crippen LogP contribution is 2.26. The summed E-state index contributed by atoms with van der Waals surface area (Å²) in [5, 5.41) is 15.5. The van der Waals surface area contributed by atoms with Gasteiger partial charge in [0.25, 0.3) is 0 Å². The summed E-state index contributed by atoms with van der Waals surface area (Å²) < 4.78 is 11.0. The van der Waals surface area contributed by atoms with Crippen LogP contribution in [0.1, 0.15) is 105 Å². The number of carbonyl (C=O) groups is 4. The van der Waals surface area contributed by atoms with Crippen molar-refractivity contribution in [3.05, 3.63) is 65.7 Å². The summed E-state index contributed by atoms with van der Waals surface area (Å²) in [6.07, 6.45) is 3.93. The lowest BCUT2D eigenvalue weighted by Gasteiger charge is -2.35. The number of unbranched alkanes of at least 4 members (excludes halogenated alkanes) is 4. The molecule has 0 heterocycles. The molecule has 3 N–H and O–H groups in total. The summed E-state index contributed by atoms with van der Waals surface area (Å²) >= 11 is 0. The number of nitrogens with zero attached hydrogens (tertiary/aromatic N) is 1. The Labute approximate surface area is 274 Å². The van der Waals surface area contributed by atoms with Crippen LogP contribution in [0.25, 0.3) is 0 Å². The van der Waals surface area contributed by atoms with Crippen molar-refractivity contribution < 1.29 is 33.8 Å². The van der Waals surface area contributed by atoms with Gasteiger partial charge in [0.1, 0.15) is 35.1 Å². The molecular formula is C36H53N3O7. The predicted octanol–water partition coefficient (Wildman–Crippen LogP) is 6.21. The highest BCUT2D eigenvalue weighted by molar-refractivity contribution is 5.93. The van der Waals surface area contributed by atoms with Crippen LogP contribution >= 0.6 is 0 Å². The molecule has 0 spiro atoms. The molecule has 0 aromatic heterocycles. The Morgan fingerprint density at radius 1 is 0.804 bits per heavy atom. The van der Waals surface area contributed by atoms with Gasteiger partial charge < -0.3 is 30.1 Å². The van der Waals surface area contributed by atoms with Crippen molar-refractivity contribution in [2.24, 2.45) is 0 Å². The zero-order chi connectivity index (χ0) is 34.5. The van der Waals surface area contributed by atoms with Crippen LogP contribution in [0.15, 0.2) is 54.6 Å². The zero-order valence-corrected chi connectivity index (χ0v) is 28.7.